The lowest BCUT2D eigenvalue weighted by atomic mass is 10.2. The van der Waals surface area contributed by atoms with Crippen LogP contribution >= 0.6 is 11.6 Å². The Balaban J connectivity index is 1.61. The van der Waals surface area contributed by atoms with E-state index in [1.165, 1.54) is 0 Å². The van der Waals surface area contributed by atoms with Crippen molar-refractivity contribution < 1.29 is 0 Å². The van der Waals surface area contributed by atoms with E-state index in [4.69, 9.17) is 11.6 Å². The Morgan fingerprint density at radius 3 is 2.72 bits per heavy atom. The molecule has 4 aromatic rings. The summed E-state index contributed by atoms with van der Waals surface area (Å²) in [6, 6.07) is 17.2. The first-order chi connectivity index (χ1) is 12.3. The second-order valence-electron chi connectivity index (χ2n) is 5.31. The van der Waals surface area contributed by atoms with Crippen molar-refractivity contribution in [1.82, 2.24) is 30.0 Å². The maximum atomic E-state index is 6.15. The summed E-state index contributed by atoms with van der Waals surface area (Å²) in [5.41, 5.74) is 2.65. The third kappa shape index (κ3) is 3.22. The predicted octanol–water partition coefficient (Wildman–Crippen LogP) is 3.11. The van der Waals surface area contributed by atoms with E-state index in [2.05, 4.69) is 25.9 Å². The van der Waals surface area contributed by atoms with Gasteiger partial charge in [0.25, 0.3) is 0 Å². The van der Waals surface area contributed by atoms with Crippen molar-refractivity contribution >= 4 is 17.3 Å². The molecule has 0 saturated carbocycles. The SMILES string of the molecule is Clc1ccc(-n2cccn2)c(NCc2nnnn2-c2ccccc2)c1. The molecule has 1 N–H and O–H groups in total. The molecule has 0 unspecified atom stereocenters. The standard InChI is InChI=1S/C17H14ClN7/c18-13-7-8-16(24-10-4-9-20-24)15(11-13)19-12-17-21-22-23-25(17)14-5-2-1-3-6-14/h1-11,19H,12H2. The summed E-state index contributed by atoms with van der Waals surface area (Å²) >= 11 is 6.15. The molecule has 0 aliphatic rings. The van der Waals surface area contributed by atoms with Crippen LogP contribution < -0.4 is 5.32 Å². The first-order valence-electron chi connectivity index (χ1n) is 7.67. The second-order valence-corrected chi connectivity index (χ2v) is 5.74. The number of tetrazole rings is 1. The Morgan fingerprint density at radius 2 is 1.92 bits per heavy atom. The monoisotopic (exact) mass is 351 g/mol. The zero-order chi connectivity index (χ0) is 17.1. The number of para-hydroxylation sites is 1. The van der Waals surface area contributed by atoms with Crippen molar-refractivity contribution in [3.8, 4) is 11.4 Å². The summed E-state index contributed by atoms with van der Waals surface area (Å²) in [5, 5.41) is 20.2. The highest BCUT2D eigenvalue weighted by molar-refractivity contribution is 6.31. The molecule has 0 fully saturated rings. The first-order valence-corrected chi connectivity index (χ1v) is 8.05. The van der Waals surface area contributed by atoms with Crippen LogP contribution in [0.25, 0.3) is 11.4 Å². The molecule has 0 atom stereocenters. The number of halogens is 1. The van der Waals surface area contributed by atoms with Crippen molar-refractivity contribution in [2.75, 3.05) is 5.32 Å². The summed E-state index contributed by atoms with van der Waals surface area (Å²) in [6.45, 7) is 0.441. The van der Waals surface area contributed by atoms with Crippen LogP contribution in [0.2, 0.25) is 5.02 Å². The number of aromatic nitrogens is 6. The quantitative estimate of drug-likeness (QED) is 0.598. The Kier molecular flexibility index (Phi) is 4.14. The summed E-state index contributed by atoms with van der Waals surface area (Å²) in [5.74, 6) is 0.692. The van der Waals surface area contributed by atoms with Gasteiger partial charge in [-0.2, -0.15) is 9.78 Å². The molecule has 0 saturated heterocycles. The lowest BCUT2D eigenvalue weighted by Crippen LogP contribution is -2.10. The number of rotatable bonds is 5. The fourth-order valence-corrected chi connectivity index (χ4v) is 2.69. The van der Waals surface area contributed by atoms with Gasteiger partial charge in [-0.3, -0.25) is 0 Å². The van der Waals surface area contributed by atoms with Crippen LogP contribution in [0.1, 0.15) is 5.82 Å². The van der Waals surface area contributed by atoms with E-state index in [0.29, 0.717) is 17.4 Å². The van der Waals surface area contributed by atoms with Gasteiger partial charge in [0.05, 0.1) is 23.6 Å². The molecule has 0 radical (unpaired) electrons. The summed E-state index contributed by atoms with van der Waals surface area (Å²) in [7, 11) is 0. The zero-order valence-electron chi connectivity index (χ0n) is 13.1. The maximum absolute atomic E-state index is 6.15. The Morgan fingerprint density at radius 1 is 1.04 bits per heavy atom. The van der Waals surface area contributed by atoms with E-state index in [1.54, 1.807) is 15.6 Å². The molecule has 8 heteroatoms. The van der Waals surface area contributed by atoms with E-state index in [-0.39, 0.29) is 0 Å². The molecule has 2 aromatic heterocycles. The molecule has 124 valence electrons. The smallest absolute Gasteiger partial charge is 0.175 e. The molecule has 0 bridgehead atoms. The van der Waals surface area contributed by atoms with Crippen LogP contribution in [0.15, 0.2) is 67.0 Å². The number of anilines is 1. The van der Waals surface area contributed by atoms with Gasteiger partial charge in [0.1, 0.15) is 0 Å². The molecule has 0 aliphatic carbocycles. The highest BCUT2D eigenvalue weighted by Crippen LogP contribution is 2.24. The fraction of sp³-hybridized carbons (Fsp3) is 0.0588. The van der Waals surface area contributed by atoms with Crippen LogP contribution in [-0.4, -0.2) is 30.0 Å². The van der Waals surface area contributed by atoms with Crippen molar-refractivity contribution in [1.29, 1.82) is 0 Å². The van der Waals surface area contributed by atoms with Gasteiger partial charge in [0, 0.05) is 17.4 Å². The topological polar surface area (TPSA) is 73.5 Å². The van der Waals surface area contributed by atoms with Gasteiger partial charge in [-0.05, 0) is 46.8 Å². The number of hydrogen-bond acceptors (Lipinski definition) is 5. The van der Waals surface area contributed by atoms with Crippen molar-refractivity contribution in [2.24, 2.45) is 0 Å². The molecule has 0 aliphatic heterocycles. The largest absolute Gasteiger partial charge is 0.376 e. The highest BCUT2D eigenvalue weighted by Gasteiger charge is 2.10. The van der Waals surface area contributed by atoms with E-state index >= 15 is 0 Å². The third-order valence-corrected chi connectivity index (χ3v) is 3.92. The lowest BCUT2D eigenvalue weighted by molar-refractivity contribution is 0.768. The van der Waals surface area contributed by atoms with Crippen molar-refractivity contribution in [3.63, 3.8) is 0 Å². The van der Waals surface area contributed by atoms with Crippen molar-refractivity contribution in [3.05, 3.63) is 77.8 Å². The third-order valence-electron chi connectivity index (χ3n) is 3.68. The molecule has 25 heavy (non-hydrogen) atoms. The minimum atomic E-state index is 0.441. The van der Waals surface area contributed by atoms with Crippen LogP contribution in [0, 0.1) is 0 Å². The molecular weight excluding hydrogens is 338 g/mol. The minimum absolute atomic E-state index is 0.441. The number of benzene rings is 2. The van der Waals surface area contributed by atoms with Gasteiger partial charge in [0.15, 0.2) is 5.82 Å². The molecule has 4 rings (SSSR count). The van der Waals surface area contributed by atoms with E-state index in [9.17, 15) is 0 Å². The lowest BCUT2D eigenvalue weighted by Gasteiger charge is -2.12. The summed E-state index contributed by atoms with van der Waals surface area (Å²) < 4.78 is 3.48. The second kappa shape index (κ2) is 6.74. The molecule has 0 amide bonds. The van der Waals surface area contributed by atoms with Gasteiger partial charge >= 0.3 is 0 Å². The minimum Gasteiger partial charge on any atom is -0.376 e. The van der Waals surface area contributed by atoms with E-state index in [0.717, 1.165) is 17.1 Å². The van der Waals surface area contributed by atoms with Gasteiger partial charge in [-0.25, -0.2) is 4.68 Å². The molecule has 2 heterocycles. The predicted molar refractivity (Wildman–Crippen MR) is 95.1 cm³/mol. The maximum Gasteiger partial charge on any atom is 0.175 e. The number of hydrogen-bond donors (Lipinski definition) is 1. The number of nitrogens with one attached hydrogen (secondary N) is 1. The Labute approximate surface area is 148 Å². The van der Waals surface area contributed by atoms with Gasteiger partial charge in [0.2, 0.25) is 0 Å². The van der Waals surface area contributed by atoms with Gasteiger partial charge in [-0.1, -0.05) is 29.8 Å². The normalized spacial score (nSPS) is 10.8. The molecule has 2 aromatic carbocycles. The van der Waals surface area contributed by atoms with Crippen LogP contribution in [-0.2, 0) is 6.54 Å². The van der Waals surface area contributed by atoms with Crippen LogP contribution in [0.3, 0.4) is 0 Å². The molecule has 7 nitrogen and oxygen atoms in total. The number of nitrogens with zero attached hydrogens (tertiary/aromatic N) is 6. The van der Waals surface area contributed by atoms with E-state index < -0.39 is 0 Å². The Bertz CT molecular complexity index is 964. The summed E-state index contributed by atoms with van der Waals surface area (Å²) in [4.78, 5) is 0. The van der Waals surface area contributed by atoms with E-state index in [1.807, 2.05) is 60.8 Å². The van der Waals surface area contributed by atoms with Crippen LogP contribution in [0.5, 0.6) is 0 Å². The molecule has 0 spiro atoms. The molecular formula is C17H14ClN7. The average molecular weight is 352 g/mol. The van der Waals surface area contributed by atoms with Crippen molar-refractivity contribution in [2.45, 2.75) is 6.54 Å². The van der Waals surface area contributed by atoms with Crippen LogP contribution in [0.4, 0.5) is 5.69 Å². The first kappa shape index (κ1) is 15.3. The zero-order valence-corrected chi connectivity index (χ0v) is 13.9. The van der Waals surface area contributed by atoms with Gasteiger partial charge < -0.3 is 5.32 Å². The fourth-order valence-electron chi connectivity index (χ4n) is 2.52. The summed E-state index contributed by atoms with van der Waals surface area (Å²) in [6.07, 6.45) is 3.61. The average Bonchev–Trinajstić information content (AvgIpc) is 3.32. The van der Waals surface area contributed by atoms with Gasteiger partial charge in [-0.15, -0.1) is 5.10 Å². The highest BCUT2D eigenvalue weighted by atomic mass is 35.5. The Hall–Kier alpha value is -3.19.